The maximum Gasteiger partial charge on any atom is 0.241 e. The van der Waals surface area contributed by atoms with Crippen molar-refractivity contribution in [1.29, 1.82) is 0 Å². The third-order valence-electron chi connectivity index (χ3n) is 3.96. The van der Waals surface area contributed by atoms with E-state index in [1.165, 1.54) is 0 Å². The Morgan fingerprint density at radius 1 is 1.21 bits per heavy atom. The summed E-state index contributed by atoms with van der Waals surface area (Å²) in [6, 6.07) is 12.4. The van der Waals surface area contributed by atoms with Gasteiger partial charge in [-0.2, -0.15) is 0 Å². The van der Waals surface area contributed by atoms with Crippen molar-refractivity contribution in [1.82, 2.24) is 5.32 Å². The second-order valence-electron chi connectivity index (χ2n) is 6.74. The molecule has 0 saturated heterocycles. The molecule has 28 heavy (non-hydrogen) atoms. The zero-order valence-corrected chi connectivity index (χ0v) is 18.0. The molecule has 0 spiro atoms. The van der Waals surface area contributed by atoms with Gasteiger partial charge in [0.25, 0.3) is 0 Å². The summed E-state index contributed by atoms with van der Waals surface area (Å²) in [7, 11) is -3.66. The molecular formula is C20H25ClN2O4S. The second kappa shape index (κ2) is 9.30. The van der Waals surface area contributed by atoms with E-state index in [0.29, 0.717) is 22.0 Å². The van der Waals surface area contributed by atoms with Crippen LogP contribution in [0.4, 0.5) is 5.69 Å². The van der Waals surface area contributed by atoms with Gasteiger partial charge < -0.3 is 10.1 Å². The molecule has 0 fully saturated rings. The summed E-state index contributed by atoms with van der Waals surface area (Å²) in [5.74, 6) is 0.300. The minimum atomic E-state index is -3.66. The van der Waals surface area contributed by atoms with Gasteiger partial charge in [0.15, 0.2) is 0 Å². The molecule has 2 aromatic rings. The zero-order chi connectivity index (χ0) is 20.9. The third kappa shape index (κ3) is 6.14. The Bertz CT molecular complexity index is 945. The number of hydrogen-bond donors (Lipinski definition) is 1. The highest BCUT2D eigenvalue weighted by atomic mass is 35.5. The van der Waals surface area contributed by atoms with Crippen LogP contribution in [0.5, 0.6) is 5.75 Å². The number of ether oxygens (including phenoxy) is 1. The van der Waals surface area contributed by atoms with E-state index in [4.69, 9.17) is 16.3 Å². The lowest BCUT2D eigenvalue weighted by Crippen LogP contribution is -2.40. The summed E-state index contributed by atoms with van der Waals surface area (Å²) in [4.78, 5) is 12.4. The lowest BCUT2D eigenvalue weighted by Gasteiger charge is -2.24. The van der Waals surface area contributed by atoms with Crippen LogP contribution in [-0.2, 0) is 21.4 Å². The first-order valence-corrected chi connectivity index (χ1v) is 11.1. The van der Waals surface area contributed by atoms with Gasteiger partial charge in [-0.15, -0.1) is 0 Å². The van der Waals surface area contributed by atoms with Crippen LogP contribution in [0.15, 0.2) is 42.5 Å². The molecule has 0 unspecified atom stereocenters. The Morgan fingerprint density at radius 3 is 2.54 bits per heavy atom. The molecular weight excluding hydrogens is 400 g/mol. The smallest absolute Gasteiger partial charge is 0.241 e. The maximum atomic E-state index is 12.4. The fourth-order valence-electron chi connectivity index (χ4n) is 2.64. The SMILES string of the molecule is Cc1c(Cl)cccc1N(CC(=O)NCc1cccc(OC(C)C)c1)S(C)(=O)=O. The third-order valence-corrected chi connectivity index (χ3v) is 5.49. The van der Waals surface area contributed by atoms with Gasteiger partial charge >= 0.3 is 0 Å². The van der Waals surface area contributed by atoms with E-state index in [9.17, 15) is 13.2 Å². The number of nitrogens with one attached hydrogen (secondary N) is 1. The van der Waals surface area contributed by atoms with E-state index in [0.717, 1.165) is 16.1 Å². The van der Waals surface area contributed by atoms with Crippen LogP contribution >= 0.6 is 11.6 Å². The Balaban J connectivity index is 2.10. The number of benzene rings is 2. The Hall–Kier alpha value is -2.25. The highest BCUT2D eigenvalue weighted by Crippen LogP contribution is 2.28. The predicted octanol–water partition coefficient (Wildman–Crippen LogP) is 3.52. The minimum absolute atomic E-state index is 0.0501. The average Bonchev–Trinajstić information content (AvgIpc) is 2.59. The Kier molecular flexibility index (Phi) is 7.32. The number of hydrogen-bond acceptors (Lipinski definition) is 4. The molecule has 1 amide bonds. The summed E-state index contributed by atoms with van der Waals surface area (Å²) < 4.78 is 31.2. The maximum absolute atomic E-state index is 12.4. The van der Waals surface area contributed by atoms with Crippen LogP contribution in [0.1, 0.15) is 25.0 Å². The van der Waals surface area contributed by atoms with Gasteiger partial charge in [-0.3, -0.25) is 9.10 Å². The van der Waals surface area contributed by atoms with Crippen LogP contribution in [0.2, 0.25) is 5.02 Å². The molecule has 0 radical (unpaired) electrons. The highest BCUT2D eigenvalue weighted by Gasteiger charge is 2.23. The molecule has 0 aliphatic heterocycles. The van der Waals surface area contributed by atoms with E-state index in [1.54, 1.807) is 25.1 Å². The predicted molar refractivity (Wildman–Crippen MR) is 112 cm³/mol. The van der Waals surface area contributed by atoms with E-state index in [2.05, 4.69) is 5.32 Å². The summed E-state index contributed by atoms with van der Waals surface area (Å²) in [5, 5.41) is 3.19. The van der Waals surface area contributed by atoms with Crippen molar-refractivity contribution in [2.75, 3.05) is 17.1 Å². The molecule has 0 saturated carbocycles. The highest BCUT2D eigenvalue weighted by molar-refractivity contribution is 7.92. The number of carbonyl (C=O) groups excluding carboxylic acids is 1. The average molecular weight is 425 g/mol. The molecule has 0 aromatic heterocycles. The molecule has 1 N–H and O–H groups in total. The first-order chi connectivity index (χ1) is 13.1. The Morgan fingerprint density at radius 2 is 1.89 bits per heavy atom. The molecule has 0 heterocycles. The van der Waals surface area contributed by atoms with Crippen molar-refractivity contribution in [3.8, 4) is 5.75 Å². The largest absolute Gasteiger partial charge is 0.491 e. The summed E-state index contributed by atoms with van der Waals surface area (Å²) in [5.41, 5.74) is 1.84. The van der Waals surface area contributed by atoms with Crippen molar-refractivity contribution in [2.45, 2.75) is 33.4 Å². The fourth-order valence-corrected chi connectivity index (χ4v) is 3.71. The summed E-state index contributed by atoms with van der Waals surface area (Å²) in [6.45, 7) is 5.52. The van der Waals surface area contributed by atoms with Gasteiger partial charge in [-0.25, -0.2) is 8.42 Å². The van der Waals surface area contributed by atoms with Gasteiger partial charge in [0.2, 0.25) is 15.9 Å². The van der Waals surface area contributed by atoms with Crippen LogP contribution in [0, 0.1) is 6.92 Å². The van der Waals surface area contributed by atoms with Gasteiger partial charge in [0.1, 0.15) is 12.3 Å². The van der Waals surface area contributed by atoms with Gasteiger partial charge in [-0.1, -0.05) is 29.8 Å². The van der Waals surface area contributed by atoms with Gasteiger partial charge in [0, 0.05) is 11.6 Å². The standard InChI is InChI=1S/C20H25ClN2O4S/c1-14(2)27-17-8-5-7-16(11-17)12-22-20(24)13-23(28(4,25)26)19-10-6-9-18(21)15(19)3/h5-11,14H,12-13H2,1-4H3,(H,22,24). The molecule has 0 aliphatic rings. The van der Waals surface area contributed by atoms with Crippen molar-refractivity contribution < 1.29 is 17.9 Å². The summed E-state index contributed by atoms with van der Waals surface area (Å²) >= 11 is 6.10. The zero-order valence-electron chi connectivity index (χ0n) is 16.4. The first-order valence-electron chi connectivity index (χ1n) is 8.83. The van der Waals surface area contributed by atoms with Crippen LogP contribution in [0.3, 0.4) is 0 Å². The molecule has 2 aromatic carbocycles. The molecule has 152 valence electrons. The number of carbonyl (C=O) groups is 1. The van der Waals surface area contributed by atoms with Gasteiger partial charge in [-0.05, 0) is 56.2 Å². The number of halogens is 1. The van der Waals surface area contributed by atoms with E-state index in [1.807, 2.05) is 38.1 Å². The van der Waals surface area contributed by atoms with E-state index >= 15 is 0 Å². The van der Waals surface area contributed by atoms with Crippen molar-refractivity contribution in [2.24, 2.45) is 0 Å². The monoisotopic (exact) mass is 424 g/mol. The van der Waals surface area contributed by atoms with Crippen molar-refractivity contribution in [3.05, 3.63) is 58.6 Å². The quantitative estimate of drug-likeness (QED) is 0.703. The Labute approximate surface area is 171 Å². The number of nitrogens with zero attached hydrogens (tertiary/aromatic N) is 1. The lowest BCUT2D eigenvalue weighted by molar-refractivity contribution is -0.119. The van der Waals surface area contributed by atoms with Crippen LogP contribution < -0.4 is 14.4 Å². The van der Waals surface area contributed by atoms with Crippen LogP contribution in [0.25, 0.3) is 0 Å². The van der Waals surface area contributed by atoms with Crippen molar-refractivity contribution in [3.63, 3.8) is 0 Å². The fraction of sp³-hybridized carbons (Fsp3) is 0.350. The number of rotatable bonds is 8. The number of amides is 1. The normalized spacial score (nSPS) is 11.4. The van der Waals surface area contributed by atoms with E-state index < -0.39 is 15.9 Å². The van der Waals surface area contributed by atoms with Crippen molar-refractivity contribution >= 4 is 33.2 Å². The molecule has 0 atom stereocenters. The van der Waals surface area contributed by atoms with E-state index in [-0.39, 0.29) is 19.2 Å². The first kappa shape index (κ1) is 22.0. The molecule has 0 bridgehead atoms. The van der Waals surface area contributed by atoms with Crippen LogP contribution in [-0.4, -0.2) is 33.2 Å². The molecule has 2 rings (SSSR count). The topological polar surface area (TPSA) is 75.7 Å². The molecule has 0 aliphatic carbocycles. The lowest BCUT2D eigenvalue weighted by atomic mass is 10.2. The molecule has 8 heteroatoms. The number of anilines is 1. The van der Waals surface area contributed by atoms with Gasteiger partial charge in [0.05, 0.1) is 18.0 Å². The summed E-state index contributed by atoms with van der Waals surface area (Å²) in [6.07, 6.45) is 1.11. The minimum Gasteiger partial charge on any atom is -0.491 e. The second-order valence-corrected chi connectivity index (χ2v) is 9.06. The number of sulfonamides is 1. The molecule has 6 nitrogen and oxygen atoms in total.